The van der Waals surface area contributed by atoms with Gasteiger partial charge in [0.05, 0.1) is 17.5 Å². The molecule has 1 aliphatic heterocycles. The summed E-state index contributed by atoms with van der Waals surface area (Å²) in [7, 11) is 0. The number of rotatable bonds is 6. The number of aromatic nitrogens is 1. The minimum absolute atomic E-state index is 0.0792. The van der Waals surface area contributed by atoms with Crippen molar-refractivity contribution in [3.63, 3.8) is 0 Å². The van der Waals surface area contributed by atoms with Gasteiger partial charge in [0, 0.05) is 24.0 Å². The zero-order valence-electron chi connectivity index (χ0n) is 18.3. The lowest BCUT2D eigenvalue weighted by molar-refractivity contribution is -0.0108. The van der Waals surface area contributed by atoms with Crippen LogP contribution < -0.4 is 20.4 Å². The van der Waals surface area contributed by atoms with Crippen LogP contribution in [0.2, 0.25) is 5.02 Å². The third-order valence-electron chi connectivity index (χ3n) is 6.63. The predicted molar refractivity (Wildman–Crippen MR) is 125 cm³/mol. The number of ether oxygens (including phenoxy) is 2. The highest BCUT2D eigenvalue weighted by atomic mass is 35.5. The van der Waals surface area contributed by atoms with Crippen LogP contribution in [0.4, 0.5) is 0 Å². The van der Waals surface area contributed by atoms with Crippen molar-refractivity contribution in [2.75, 3.05) is 13.2 Å². The van der Waals surface area contributed by atoms with Crippen molar-refractivity contribution in [2.24, 2.45) is 0 Å². The molecule has 2 aliphatic rings. The summed E-state index contributed by atoms with van der Waals surface area (Å²) < 4.78 is 16.6. The van der Waals surface area contributed by atoms with Gasteiger partial charge >= 0.3 is 5.63 Å². The molecule has 0 unspecified atom stereocenters. The quantitative estimate of drug-likeness (QED) is 0.526. The predicted octanol–water partition coefficient (Wildman–Crippen LogP) is 4.01. The third-order valence-corrected chi connectivity index (χ3v) is 6.90. The van der Waals surface area contributed by atoms with Crippen LogP contribution in [0.5, 0.6) is 11.5 Å². The number of pyridine rings is 1. The number of fused-ring (bicyclic) bond motifs is 2. The lowest BCUT2D eigenvalue weighted by atomic mass is 9.78. The lowest BCUT2D eigenvalue weighted by Crippen LogP contribution is -2.41. The number of hydrogen-bond acceptors (Lipinski definition) is 7. The second-order valence-electron chi connectivity index (χ2n) is 8.92. The van der Waals surface area contributed by atoms with Crippen molar-refractivity contribution in [3.8, 4) is 11.5 Å². The van der Waals surface area contributed by atoms with Crippen LogP contribution in [0.25, 0.3) is 11.0 Å². The Balaban J connectivity index is 1.15. The first-order chi connectivity index (χ1) is 16.0. The van der Waals surface area contributed by atoms with Crippen molar-refractivity contribution in [3.05, 3.63) is 63.2 Å². The van der Waals surface area contributed by atoms with Crippen LogP contribution in [0.3, 0.4) is 0 Å². The molecule has 7 nitrogen and oxygen atoms in total. The molecule has 2 N–H and O–H groups in total. The fourth-order valence-electron chi connectivity index (χ4n) is 4.69. The molecule has 0 bridgehead atoms. The number of aryl methyl sites for hydroxylation is 1. The van der Waals surface area contributed by atoms with E-state index >= 15 is 0 Å². The van der Waals surface area contributed by atoms with Gasteiger partial charge in [-0.1, -0.05) is 29.8 Å². The Morgan fingerprint density at radius 1 is 1.15 bits per heavy atom. The maximum Gasteiger partial charge on any atom is 0.355 e. The largest absolute Gasteiger partial charge is 0.486 e. The van der Waals surface area contributed by atoms with Gasteiger partial charge in [-0.05, 0) is 50.2 Å². The molecule has 33 heavy (non-hydrogen) atoms. The van der Waals surface area contributed by atoms with Crippen LogP contribution in [0, 0.1) is 0 Å². The van der Waals surface area contributed by atoms with Crippen LogP contribution in [-0.2, 0) is 13.0 Å². The third kappa shape index (κ3) is 5.00. The average Bonchev–Trinajstić information content (AvgIpc) is 2.83. The summed E-state index contributed by atoms with van der Waals surface area (Å²) in [5, 5.41) is 15.6. The Hall–Kier alpha value is -2.61. The minimum Gasteiger partial charge on any atom is -0.486 e. The van der Waals surface area contributed by atoms with Crippen molar-refractivity contribution in [1.82, 2.24) is 10.3 Å². The SMILES string of the molecule is O=c1oc2c(CC[C@]3(O)CC[C@H](NCc4cc5c(cn4)OCCO5)CC3)cccc2cc1Cl. The van der Waals surface area contributed by atoms with Crippen LogP contribution >= 0.6 is 11.6 Å². The first-order valence-corrected chi connectivity index (χ1v) is 11.8. The van der Waals surface area contributed by atoms with Gasteiger partial charge in [-0.3, -0.25) is 4.98 Å². The summed E-state index contributed by atoms with van der Waals surface area (Å²) in [6.07, 6.45) is 6.20. The van der Waals surface area contributed by atoms with E-state index in [1.165, 1.54) is 0 Å². The highest BCUT2D eigenvalue weighted by Gasteiger charge is 2.33. The van der Waals surface area contributed by atoms with Gasteiger partial charge in [-0.15, -0.1) is 0 Å². The topological polar surface area (TPSA) is 93.8 Å². The van der Waals surface area contributed by atoms with E-state index in [4.69, 9.17) is 25.5 Å². The van der Waals surface area contributed by atoms with Crippen molar-refractivity contribution < 1.29 is 19.0 Å². The van der Waals surface area contributed by atoms with Gasteiger partial charge in [0.2, 0.25) is 0 Å². The molecule has 3 heterocycles. The van der Waals surface area contributed by atoms with Gasteiger partial charge in [0.25, 0.3) is 0 Å². The highest BCUT2D eigenvalue weighted by Crippen LogP contribution is 2.34. The Labute approximate surface area is 196 Å². The molecular weight excluding hydrogens is 444 g/mol. The van der Waals surface area contributed by atoms with E-state index in [1.54, 1.807) is 12.3 Å². The van der Waals surface area contributed by atoms with Crippen molar-refractivity contribution in [2.45, 2.75) is 56.7 Å². The van der Waals surface area contributed by atoms with E-state index in [1.807, 2.05) is 24.3 Å². The smallest absolute Gasteiger partial charge is 0.355 e. The average molecular weight is 471 g/mol. The molecule has 1 saturated carbocycles. The highest BCUT2D eigenvalue weighted by molar-refractivity contribution is 6.30. The molecule has 5 rings (SSSR count). The number of halogens is 1. The first kappa shape index (κ1) is 22.2. The maximum atomic E-state index is 11.9. The number of aliphatic hydroxyl groups is 1. The summed E-state index contributed by atoms with van der Waals surface area (Å²) in [5.74, 6) is 1.44. The number of hydrogen-bond donors (Lipinski definition) is 2. The van der Waals surface area contributed by atoms with E-state index in [0.29, 0.717) is 50.0 Å². The molecular formula is C25H27ClN2O5. The molecule has 1 aromatic carbocycles. The Morgan fingerprint density at radius 3 is 2.76 bits per heavy atom. The van der Waals surface area contributed by atoms with E-state index in [0.717, 1.165) is 48.1 Å². The normalized spacial score (nSPS) is 22.4. The fourth-order valence-corrected chi connectivity index (χ4v) is 4.84. The molecule has 0 saturated heterocycles. The van der Waals surface area contributed by atoms with Gasteiger partial charge in [0.1, 0.15) is 23.8 Å². The standard InChI is InChI=1S/C25H27ClN2O5/c26-20-12-17-3-1-2-16(23(17)33-24(20)29)4-7-25(30)8-5-18(6-9-25)27-14-19-13-21-22(15-28-19)32-11-10-31-21/h1-3,12-13,15,18,27,30H,4-11,14H2/t18-,25-. The van der Waals surface area contributed by atoms with Crippen LogP contribution in [-0.4, -0.2) is 34.9 Å². The Bertz CT molecular complexity index is 1200. The Morgan fingerprint density at radius 2 is 1.94 bits per heavy atom. The molecule has 1 aliphatic carbocycles. The van der Waals surface area contributed by atoms with Crippen LogP contribution in [0.15, 0.2) is 45.7 Å². The Kier molecular flexibility index (Phi) is 6.27. The van der Waals surface area contributed by atoms with Crippen molar-refractivity contribution in [1.29, 1.82) is 0 Å². The van der Waals surface area contributed by atoms with E-state index < -0.39 is 11.2 Å². The first-order valence-electron chi connectivity index (χ1n) is 11.4. The van der Waals surface area contributed by atoms with Gasteiger partial charge in [-0.25, -0.2) is 4.79 Å². The zero-order valence-corrected chi connectivity index (χ0v) is 19.1. The molecule has 0 radical (unpaired) electrons. The lowest BCUT2D eigenvalue weighted by Gasteiger charge is -2.36. The summed E-state index contributed by atoms with van der Waals surface area (Å²) in [6.45, 7) is 1.77. The van der Waals surface area contributed by atoms with E-state index in [2.05, 4.69) is 10.3 Å². The minimum atomic E-state index is -0.720. The molecule has 1 fully saturated rings. The molecule has 174 valence electrons. The second-order valence-corrected chi connectivity index (χ2v) is 9.32. The molecule has 0 atom stereocenters. The zero-order chi connectivity index (χ0) is 22.8. The number of nitrogens with zero attached hydrogens (tertiary/aromatic N) is 1. The molecule has 2 aromatic heterocycles. The number of benzene rings is 1. The van der Waals surface area contributed by atoms with Gasteiger partial charge in [-0.2, -0.15) is 0 Å². The number of para-hydroxylation sites is 1. The fraction of sp³-hybridized carbons (Fsp3) is 0.440. The summed E-state index contributed by atoms with van der Waals surface area (Å²) in [4.78, 5) is 16.3. The van der Waals surface area contributed by atoms with E-state index in [9.17, 15) is 9.90 Å². The maximum absolute atomic E-state index is 11.9. The van der Waals surface area contributed by atoms with Crippen LogP contribution in [0.1, 0.15) is 43.4 Å². The summed E-state index contributed by atoms with van der Waals surface area (Å²) in [6, 6.07) is 9.62. The number of nitrogens with one attached hydrogen (secondary N) is 1. The summed E-state index contributed by atoms with van der Waals surface area (Å²) in [5.41, 5.74) is 1.13. The molecule has 3 aromatic rings. The van der Waals surface area contributed by atoms with Gasteiger partial charge < -0.3 is 24.3 Å². The monoisotopic (exact) mass is 470 g/mol. The van der Waals surface area contributed by atoms with Crippen molar-refractivity contribution >= 4 is 22.6 Å². The second kappa shape index (κ2) is 9.33. The van der Waals surface area contributed by atoms with Gasteiger partial charge in [0.15, 0.2) is 11.5 Å². The molecule has 8 heteroatoms. The van der Waals surface area contributed by atoms with E-state index in [-0.39, 0.29) is 5.02 Å². The molecule has 0 spiro atoms. The molecule has 0 amide bonds. The summed E-state index contributed by atoms with van der Waals surface area (Å²) >= 11 is 5.90.